The van der Waals surface area contributed by atoms with Crippen LogP contribution in [0.3, 0.4) is 0 Å². The predicted molar refractivity (Wildman–Crippen MR) is 160 cm³/mol. The lowest BCUT2D eigenvalue weighted by Gasteiger charge is -2.30. The van der Waals surface area contributed by atoms with Crippen LogP contribution in [0.25, 0.3) is 10.9 Å². The zero-order chi connectivity index (χ0) is 27.9. The highest BCUT2D eigenvalue weighted by Gasteiger charge is 2.26. The van der Waals surface area contributed by atoms with Gasteiger partial charge in [0, 0.05) is 40.4 Å². The summed E-state index contributed by atoms with van der Waals surface area (Å²) in [7, 11) is 0. The van der Waals surface area contributed by atoms with E-state index in [2.05, 4.69) is 35.0 Å². The van der Waals surface area contributed by atoms with Crippen LogP contribution in [0.2, 0.25) is 0 Å². The number of amides is 1. The highest BCUT2D eigenvalue weighted by atomic mass is 32.2. The number of halogens is 1. The highest BCUT2D eigenvalue weighted by molar-refractivity contribution is 7.99. The van der Waals surface area contributed by atoms with Gasteiger partial charge in [-0.2, -0.15) is 0 Å². The van der Waals surface area contributed by atoms with E-state index in [9.17, 15) is 14.0 Å². The van der Waals surface area contributed by atoms with E-state index in [1.165, 1.54) is 12.1 Å². The van der Waals surface area contributed by atoms with Crippen LogP contribution in [-0.4, -0.2) is 59.2 Å². The van der Waals surface area contributed by atoms with E-state index in [0.717, 1.165) is 84.8 Å². The van der Waals surface area contributed by atoms with E-state index >= 15 is 0 Å². The number of piperidine rings is 1. The Hall–Kier alpha value is -3.42. The van der Waals surface area contributed by atoms with Gasteiger partial charge in [-0.05, 0) is 87.8 Å². The summed E-state index contributed by atoms with van der Waals surface area (Å²) in [5.41, 5.74) is 2.39. The van der Waals surface area contributed by atoms with E-state index < -0.39 is 0 Å². The summed E-state index contributed by atoms with van der Waals surface area (Å²) in [6.45, 7) is 6.91. The van der Waals surface area contributed by atoms with Gasteiger partial charge in [0.1, 0.15) is 11.5 Å². The third-order valence-corrected chi connectivity index (χ3v) is 8.90. The van der Waals surface area contributed by atoms with Gasteiger partial charge in [0.05, 0.1) is 4.90 Å². The number of carbonyl (C=O) groups is 2. The standard InChI is InChI=1S/C19H18N2OS.C14H18FNO/c22-19(21-12-6-7-13-21)17-18(23-14-8-2-1-3-9-14)15-10-4-5-11-16(15)20-17;1-2-16-9-7-12(8-10-16)14(17)11-3-5-13(15)6-4-11/h1-5,8-11,20H,6-7,12-13H2;3-6,12H,2,7-10H2,1H3. The molecule has 208 valence electrons. The van der Waals surface area contributed by atoms with Crippen LogP contribution >= 0.6 is 11.8 Å². The molecule has 0 unspecified atom stereocenters. The molecule has 2 aliphatic rings. The number of H-pyrrole nitrogens is 1. The normalized spacial score (nSPS) is 16.1. The Morgan fingerprint density at radius 1 is 0.875 bits per heavy atom. The number of carbonyl (C=O) groups excluding carboxylic acids is 2. The maximum absolute atomic E-state index is 12.9. The van der Waals surface area contributed by atoms with Gasteiger partial charge in [-0.25, -0.2) is 4.39 Å². The Kier molecular flexibility index (Phi) is 9.34. The summed E-state index contributed by atoms with van der Waals surface area (Å²) in [4.78, 5) is 34.9. The van der Waals surface area contributed by atoms with Crippen molar-refractivity contribution in [3.63, 3.8) is 0 Å². The third-order valence-electron chi connectivity index (χ3n) is 7.76. The first-order valence-corrected chi connectivity index (χ1v) is 15.0. The second-order valence-corrected chi connectivity index (χ2v) is 11.5. The molecular weight excluding hydrogens is 521 g/mol. The number of aromatic nitrogens is 1. The summed E-state index contributed by atoms with van der Waals surface area (Å²) in [5.74, 6) is 0.114. The lowest BCUT2D eigenvalue weighted by molar-refractivity contribution is 0.0783. The number of Topliss-reactive ketones (excluding diaryl/α,β-unsaturated/α-hetero) is 1. The van der Waals surface area contributed by atoms with Crippen LogP contribution < -0.4 is 0 Å². The molecule has 1 N–H and O–H groups in total. The number of aromatic amines is 1. The number of hydrogen-bond donors (Lipinski definition) is 1. The number of benzene rings is 3. The molecule has 0 radical (unpaired) electrons. The number of nitrogens with zero attached hydrogens (tertiary/aromatic N) is 2. The van der Waals surface area contributed by atoms with Gasteiger partial charge >= 0.3 is 0 Å². The average molecular weight is 558 g/mol. The van der Waals surface area contributed by atoms with Crippen molar-refractivity contribution in [2.75, 3.05) is 32.7 Å². The van der Waals surface area contributed by atoms with E-state index in [1.54, 1.807) is 23.9 Å². The quantitative estimate of drug-likeness (QED) is 0.253. The zero-order valence-corrected chi connectivity index (χ0v) is 23.8. The molecule has 1 amide bonds. The van der Waals surface area contributed by atoms with Crippen LogP contribution in [0, 0.1) is 11.7 Å². The van der Waals surface area contributed by atoms with Crippen molar-refractivity contribution >= 4 is 34.4 Å². The van der Waals surface area contributed by atoms with Gasteiger partial charge in [-0.1, -0.05) is 55.1 Å². The van der Waals surface area contributed by atoms with Crippen LogP contribution in [0.5, 0.6) is 0 Å². The Balaban J connectivity index is 0.000000170. The van der Waals surface area contributed by atoms with Gasteiger partial charge in [-0.3, -0.25) is 9.59 Å². The van der Waals surface area contributed by atoms with Crippen LogP contribution in [0.4, 0.5) is 4.39 Å². The Morgan fingerprint density at radius 2 is 1.52 bits per heavy atom. The molecule has 7 heteroatoms. The van der Waals surface area contributed by atoms with Gasteiger partial charge < -0.3 is 14.8 Å². The Morgan fingerprint density at radius 3 is 2.20 bits per heavy atom. The van der Waals surface area contributed by atoms with Crippen molar-refractivity contribution < 1.29 is 14.0 Å². The van der Waals surface area contributed by atoms with Gasteiger partial charge in [0.25, 0.3) is 5.91 Å². The molecule has 2 fully saturated rings. The van der Waals surface area contributed by atoms with Crippen LogP contribution in [0.15, 0.2) is 88.7 Å². The molecule has 5 nitrogen and oxygen atoms in total. The molecule has 0 atom stereocenters. The zero-order valence-electron chi connectivity index (χ0n) is 22.9. The molecule has 40 heavy (non-hydrogen) atoms. The smallest absolute Gasteiger partial charge is 0.271 e. The molecule has 0 bridgehead atoms. The number of ketones is 1. The minimum atomic E-state index is -0.289. The monoisotopic (exact) mass is 557 g/mol. The molecule has 3 heterocycles. The number of rotatable bonds is 6. The van der Waals surface area contributed by atoms with Crippen molar-refractivity contribution in [3.05, 3.63) is 95.9 Å². The minimum Gasteiger partial charge on any atom is -0.350 e. The Bertz CT molecular complexity index is 1420. The van der Waals surface area contributed by atoms with Crippen molar-refractivity contribution in [2.24, 2.45) is 5.92 Å². The first-order chi connectivity index (χ1) is 19.5. The SMILES string of the molecule is CCN1CCC(C(=O)c2ccc(F)cc2)CC1.O=C(c1[nH]c2ccccc2c1Sc1ccccc1)N1CCCC1. The number of likely N-dealkylation sites (tertiary alicyclic amines) is 2. The fraction of sp³-hybridized carbons (Fsp3) is 0.333. The maximum Gasteiger partial charge on any atom is 0.271 e. The van der Waals surface area contributed by atoms with E-state index in [4.69, 9.17) is 0 Å². The first-order valence-electron chi connectivity index (χ1n) is 14.2. The van der Waals surface area contributed by atoms with Gasteiger partial charge in [-0.15, -0.1) is 0 Å². The number of fused-ring (bicyclic) bond motifs is 1. The summed E-state index contributed by atoms with van der Waals surface area (Å²) >= 11 is 1.66. The molecule has 0 spiro atoms. The van der Waals surface area contributed by atoms with Crippen molar-refractivity contribution in [3.8, 4) is 0 Å². The fourth-order valence-corrected chi connectivity index (χ4v) is 6.48. The second-order valence-electron chi connectivity index (χ2n) is 10.4. The molecule has 6 rings (SSSR count). The summed E-state index contributed by atoms with van der Waals surface area (Å²) in [6, 6.07) is 24.2. The van der Waals surface area contributed by atoms with Gasteiger partial charge in [0.2, 0.25) is 0 Å². The molecule has 2 aliphatic heterocycles. The molecule has 0 saturated carbocycles. The summed E-state index contributed by atoms with van der Waals surface area (Å²) < 4.78 is 12.8. The fourth-order valence-electron chi connectivity index (χ4n) is 5.42. The highest BCUT2D eigenvalue weighted by Crippen LogP contribution is 2.37. The molecule has 4 aromatic rings. The largest absolute Gasteiger partial charge is 0.350 e. The second kappa shape index (κ2) is 13.3. The minimum absolute atomic E-state index is 0.114. The van der Waals surface area contributed by atoms with E-state index in [1.807, 2.05) is 41.3 Å². The molecular formula is C33H36FN3O2S. The van der Waals surface area contributed by atoms with Gasteiger partial charge in [0.15, 0.2) is 5.78 Å². The summed E-state index contributed by atoms with van der Waals surface area (Å²) in [6.07, 6.45) is 4.05. The number of hydrogen-bond acceptors (Lipinski definition) is 4. The van der Waals surface area contributed by atoms with Crippen molar-refractivity contribution in [1.29, 1.82) is 0 Å². The Labute approximate surface area is 239 Å². The predicted octanol–water partition coefficient (Wildman–Crippen LogP) is 7.30. The molecule has 1 aromatic heterocycles. The molecule has 2 saturated heterocycles. The van der Waals surface area contributed by atoms with Crippen molar-refractivity contribution in [1.82, 2.24) is 14.8 Å². The average Bonchev–Trinajstić information content (AvgIpc) is 3.67. The maximum atomic E-state index is 12.9. The lowest BCUT2D eigenvalue weighted by atomic mass is 9.89. The summed E-state index contributed by atoms with van der Waals surface area (Å²) in [5, 5.41) is 1.11. The number of para-hydroxylation sites is 1. The van der Waals surface area contributed by atoms with Crippen molar-refractivity contribution in [2.45, 2.75) is 42.4 Å². The van der Waals surface area contributed by atoms with E-state index in [-0.39, 0.29) is 23.4 Å². The third kappa shape index (κ3) is 6.65. The molecule has 0 aliphatic carbocycles. The molecule has 3 aromatic carbocycles. The van der Waals surface area contributed by atoms with Crippen LogP contribution in [-0.2, 0) is 0 Å². The number of nitrogens with one attached hydrogen (secondary N) is 1. The van der Waals surface area contributed by atoms with E-state index in [0.29, 0.717) is 5.56 Å². The first kappa shape index (κ1) is 28.1. The lowest BCUT2D eigenvalue weighted by Crippen LogP contribution is -2.36. The van der Waals surface area contributed by atoms with Crippen LogP contribution in [0.1, 0.15) is 53.5 Å². The topological polar surface area (TPSA) is 56.4 Å².